The Balaban J connectivity index is 1.72. The highest BCUT2D eigenvalue weighted by Crippen LogP contribution is 2.17. The van der Waals surface area contributed by atoms with Gasteiger partial charge in [0, 0.05) is 29.8 Å². The number of rotatable bonds is 4. The molecule has 0 saturated carbocycles. The van der Waals surface area contributed by atoms with Gasteiger partial charge in [0.2, 0.25) is 0 Å². The second-order valence-electron chi connectivity index (χ2n) is 4.69. The monoisotopic (exact) mass is 284 g/mol. The topological polar surface area (TPSA) is 50.8 Å². The van der Waals surface area contributed by atoms with Gasteiger partial charge in [-0.3, -0.25) is 0 Å². The number of thiophene rings is 1. The predicted octanol–water partition coefficient (Wildman–Crippen LogP) is 2.66. The minimum absolute atomic E-state index is 0.250. The standard InChI is InChI=1S/C13H20N2O3S/c1-10-6-7-11(19-10)9-15(2)13(16)14-18-12-5-3-4-8-17-12/h6-7,12H,3-5,8-9H2,1-2H3,(H,14,16). The van der Waals surface area contributed by atoms with Crippen LogP contribution in [-0.4, -0.2) is 30.9 Å². The van der Waals surface area contributed by atoms with Gasteiger partial charge in [-0.15, -0.1) is 11.3 Å². The van der Waals surface area contributed by atoms with Crippen LogP contribution < -0.4 is 5.48 Å². The highest BCUT2D eigenvalue weighted by atomic mass is 32.1. The van der Waals surface area contributed by atoms with Gasteiger partial charge in [-0.05, 0) is 31.9 Å². The summed E-state index contributed by atoms with van der Waals surface area (Å²) in [6.07, 6.45) is 2.65. The summed E-state index contributed by atoms with van der Waals surface area (Å²) >= 11 is 1.69. The van der Waals surface area contributed by atoms with E-state index in [0.717, 1.165) is 24.1 Å². The molecule has 0 spiro atoms. The van der Waals surface area contributed by atoms with E-state index < -0.39 is 0 Å². The van der Waals surface area contributed by atoms with Crippen molar-refractivity contribution in [3.05, 3.63) is 21.9 Å². The van der Waals surface area contributed by atoms with Crippen LogP contribution in [0, 0.1) is 6.92 Å². The van der Waals surface area contributed by atoms with E-state index in [-0.39, 0.29) is 12.3 Å². The van der Waals surface area contributed by atoms with E-state index in [1.165, 1.54) is 4.88 Å². The minimum Gasteiger partial charge on any atom is -0.350 e. The molecule has 1 N–H and O–H groups in total. The summed E-state index contributed by atoms with van der Waals surface area (Å²) in [5.41, 5.74) is 2.45. The highest BCUT2D eigenvalue weighted by molar-refractivity contribution is 7.11. The zero-order chi connectivity index (χ0) is 13.7. The fourth-order valence-electron chi connectivity index (χ4n) is 1.87. The second-order valence-corrected chi connectivity index (χ2v) is 6.06. The van der Waals surface area contributed by atoms with E-state index in [9.17, 15) is 4.79 Å². The summed E-state index contributed by atoms with van der Waals surface area (Å²) in [5.74, 6) is 0. The lowest BCUT2D eigenvalue weighted by Crippen LogP contribution is -2.40. The van der Waals surface area contributed by atoms with E-state index >= 15 is 0 Å². The van der Waals surface area contributed by atoms with Crippen molar-refractivity contribution >= 4 is 17.4 Å². The third-order valence-electron chi connectivity index (χ3n) is 2.95. The van der Waals surface area contributed by atoms with Crippen molar-refractivity contribution < 1.29 is 14.4 Å². The summed E-state index contributed by atoms with van der Waals surface area (Å²) in [6.45, 7) is 3.34. The number of amides is 2. The number of urea groups is 1. The van der Waals surface area contributed by atoms with Gasteiger partial charge < -0.3 is 9.64 Å². The molecule has 0 radical (unpaired) electrons. The van der Waals surface area contributed by atoms with Crippen molar-refractivity contribution in [2.24, 2.45) is 0 Å². The van der Waals surface area contributed by atoms with Gasteiger partial charge in [0.05, 0.1) is 6.54 Å². The van der Waals surface area contributed by atoms with Crippen LogP contribution in [0.4, 0.5) is 4.79 Å². The molecule has 19 heavy (non-hydrogen) atoms. The molecule has 5 nitrogen and oxygen atoms in total. The lowest BCUT2D eigenvalue weighted by molar-refractivity contribution is -0.187. The molecule has 1 saturated heterocycles. The van der Waals surface area contributed by atoms with Gasteiger partial charge in [0.1, 0.15) is 0 Å². The van der Waals surface area contributed by atoms with Crippen LogP contribution in [0.3, 0.4) is 0 Å². The SMILES string of the molecule is Cc1ccc(CN(C)C(=O)NOC2CCCCO2)s1. The number of ether oxygens (including phenoxy) is 1. The van der Waals surface area contributed by atoms with Crippen LogP contribution in [0.5, 0.6) is 0 Å². The zero-order valence-electron chi connectivity index (χ0n) is 11.3. The third kappa shape index (κ3) is 4.49. The van der Waals surface area contributed by atoms with Crippen molar-refractivity contribution in [3.63, 3.8) is 0 Å². The van der Waals surface area contributed by atoms with E-state index in [1.807, 2.05) is 6.07 Å². The summed E-state index contributed by atoms with van der Waals surface area (Å²) in [4.78, 5) is 21.1. The van der Waals surface area contributed by atoms with Gasteiger partial charge in [0.25, 0.3) is 0 Å². The van der Waals surface area contributed by atoms with Crippen LogP contribution in [0.15, 0.2) is 12.1 Å². The molecule has 0 bridgehead atoms. The van der Waals surface area contributed by atoms with Crippen LogP contribution in [0.1, 0.15) is 29.0 Å². The molecule has 0 aromatic carbocycles. The van der Waals surface area contributed by atoms with Crippen molar-refractivity contribution in [1.82, 2.24) is 10.4 Å². The quantitative estimate of drug-likeness (QED) is 0.865. The summed E-state index contributed by atoms with van der Waals surface area (Å²) in [5, 5.41) is 0. The predicted molar refractivity (Wildman–Crippen MR) is 73.7 cm³/mol. The number of aryl methyl sites for hydroxylation is 1. The fourth-order valence-corrected chi connectivity index (χ4v) is 2.82. The van der Waals surface area contributed by atoms with Crippen molar-refractivity contribution in [1.29, 1.82) is 0 Å². The van der Waals surface area contributed by atoms with Gasteiger partial charge in [-0.1, -0.05) is 0 Å². The molecule has 1 aliphatic rings. The number of nitrogens with zero attached hydrogens (tertiary/aromatic N) is 1. The molecule has 2 rings (SSSR count). The molecule has 2 heterocycles. The molecule has 1 unspecified atom stereocenters. The van der Waals surface area contributed by atoms with E-state index in [2.05, 4.69) is 18.5 Å². The van der Waals surface area contributed by atoms with Crippen LogP contribution >= 0.6 is 11.3 Å². The first-order chi connectivity index (χ1) is 9.15. The van der Waals surface area contributed by atoms with E-state index in [4.69, 9.17) is 9.57 Å². The summed E-state index contributed by atoms with van der Waals surface area (Å²) in [7, 11) is 1.75. The van der Waals surface area contributed by atoms with E-state index in [0.29, 0.717) is 13.2 Å². The maximum Gasteiger partial charge on any atom is 0.341 e. The molecule has 2 amide bonds. The maximum absolute atomic E-state index is 11.8. The first-order valence-corrected chi connectivity index (χ1v) is 7.30. The number of hydrogen-bond donors (Lipinski definition) is 1. The normalized spacial score (nSPS) is 19.2. The average Bonchev–Trinajstić information content (AvgIpc) is 2.82. The maximum atomic E-state index is 11.8. The molecule has 1 aromatic rings. The number of nitrogens with one attached hydrogen (secondary N) is 1. The second kappa shape index (κ2) is 6.88. The molecule has 1 fully saturated rings. The molecular weight excluding hydrogens is 264 g/mol. The number of hydrogen-bond acceptors (Lipinski definition) is 4. The lowest BCUT2D eigenvalue weighted by Gasteiger charge is -2.24. The molecule has 6 heteroatoms. The highest BCUT2D eigenvalue weighted by Gasteiger charge is 2.17. The minimum atomic E-state index is -0.310. The van der Waals surface area contributed by atoms with Crippen LogP contribution in [0.2, 0.25) is 0 Å². The Bertz CT molecular complexity index is 416. The summed E-state index contributed by atoms with van der Waals surface area (Å²) < 4.78 is 5.38. The van der Waals surface area contributed by atoms with Crippen LogP contribution in [-0.2, 0) is 16.1 Å². The molecule has 1 aromatic heterocycles. The Hall–Kier alpha value is -1.11. The summed E-state index contributed by atoms with van der Waals surface area (Å²) in [6, 6.07) is 3.84. The molecule has 1 atom stereocenters. The average molecular weight is 284 g/mol. The van der Waals surface area contributed by atoms with Gasteiger partial charge in [-0.2, -0.15) is 0 Å². The van der Waals surface area contributed by atoms with Crippen LogP contribution in [0.25, 0.3) is 0 Å². The van der Waals surface area contributed by atoms with E-state index in [1.54, 1.807) is 23.3 Å². The molecule has 1 aliphatic heterocycles. The lowest BCUT2D eigenvalue weighted by atomic mass is 10.2. The first kappa shape index (κ1) is 14.3. The van der Waals surface area contributed by atoms with Gasteiger partial charge >= 0.3 is 6.03 Å². The smallest absolute Gasteiger partial charge is 0.341 e. The van der Waals surface area contributed by atoms with Crippen molar-refractivity contribution in [2.45, 2.75) is 39.0 Å². The largest absolute Gasteiger partial charge is 0.350 e. The Morgan fingerprint density at radius 2 is 2.42 bits per heavy atom. The van der Waals surface area contributed by atoms with Crippen molar-refractivity contribution in [2.75, 3.05) is 13.7 Å². The third-order valence-corrected chi connectivity index (χ3v) is 3.94. The molecule has 0 aliphatic carbocycles. The number of hydroxylamine groups is 1. The Morgan fingerprint density at radius 3 is 3.05 bits per heavy atom. The zero-order valence-corrected chi connectivity index (χ0v) is 12.2. The fraction of sp³-hybridized carbons (Fsp3) is 0.615. The number of carbonyl (C=O) groups excluding carboxylic acids is 1. The Kier molecular flexibility index (Phi) is 5.18. The van der Waals surface area contributed by atoms with Gasteiger partial charge in [0.15, 0.2) is 6.29 Å². The Morgan fingerprint density at radius 1 is 1.58 bits per heavy atom. The molecule has 106 valence electrons. The molecular formula is C13H20N2O3S. The first-order valence-electron chi connectivity index (χ1n) is 6.49. The Labute approximate surface area is 117 Å². The van der Waals surface area contributed by atoms with Crippen molar-refractivity contribution in [3.8, 4) is 0 Å². The number of carbonyl (C=O) groups is 1. The van der Waals surface area contributed by atoms with Gasteiger partial charge in [-0.25, -0.2) is 15.1 Å².